The Bertz CT molecular complexity index is 2400. The maximum atomic E-state index is 3.65. The van der Waals surface area contributed by atoms with E-state index in [0.717, 1.165) is 91.6 Å². The molecule has 0 saturated heterocycles. The van der Waals surface area contributed by atoms with E-state index < -0.39 is 0 Å². The average molecular weight is 895 g/mol. The van der Waals surface area contributed by atoms with E-state index in [2.05, 4.69) is 135 Å². The lowest BCUT2D eigenvalue weighted by atomic mass is 9.88. The zero-order valence-electron chi connectivity index (χ0n) is 29.9. The van der Waals surface area contributed by atoms with E-state index in [4.69, 9.17) is 0 Å². The molecule has 0 unspecified atom stereocenters. The zero-order valence-corrected chi connectivity index (χ0v) is 34.6. The van der Waals surface area contributed by atoms with Gasteiger partial charge in [0.2, 0.25) is 0 Å². The molecule has 0 N–H and O–H groups in total. The number of rotatable bonds is 6. The van der Waals surface area contributed by atoms with Gasteiger partial charge in [0.1, 0.15) is 0 Å². The Labute approximate surface area is 340 Å². The van der Waals surface area contributed by atoms with Gasteiger partial charge in [0.25, 0.3) is 0 Å². The predicted octanol–water partition coefficient (Wildman–Crippen LogP) is 11.7. The van der Waals surface area contributed by atoms with Crippen LogP contribution in [0.3, 0.4) is 0 Å². The lowest BCUT2D eigenvalue weighted by molar-refractivity contribution is 0.274. The van der Waals surface area contributed by atoms with Crippen LogP contribution in [0.25, 0.3) is 32.3 Å². The van der Waals surface area contributed by atoms with Crippen LogP contribution in [0.2, 0.25) is 0 Å². The zero-order chi connectivity index (χ0) is 35.6. The standard InChI is InChI=1S/C48H36Br3N3/c49-28-7-1-25(2-8-28)16-52-19-37-31-13-33-39-21-53(17-26-3-9-29(50)10-4-26)23-41(39)35-15-36-42-24-54(18-27-5-11-30(51)12-6-27)22-40(42)34-14-32(38(37)20-52)44-43(31)45(33)47(35)48(36)46(34)44/h1-12H,13-24H2. The fourth-order valence-electron chi connectivity index (χ4n) is 11.8. The summed E-state index contributed by atoms with van der Waals surface area (Å²) in [5, 5.41) is 9.91. The molecule has 6 aliphatic rings. The molecule has 0 radical (unpaired) electrons. The van der Waals surface area contributed by atoms with Crippen molar-refractivity contribution < 1.29 is 0 Å². The third kappa shape index (κ3) is 4.39. The summed E-state index contributed by atoms with van der Waals surface area (Å²) in [6.45, 7) is 9.34. The third-order valence-corrected chi connectivity index (χ3v) is 15.5. The topological polar surface area (TPSA) is 9.72 Å². The quantitative estimate of drug-likeness (QED) is 0.154. The van der Waals surface area contributed by atoms with Crippen molar-refractivity contribution in [1.29, 1.82) is 0 Å². The molecule has 3 aliphatic carbocycles. The molecule has 3 heterocycles. The number of fused-ring (bicyclic) bond motifs is 9. The number of halogens is 3. The summed E-state index contributed by atoms with van der Waals surface area (Å²) in [6.07, 6.45) is 3.31. The summed E-state index contributed by atoms with van der Waals surface area (Å²) in [5.41, 5.74) is 24.2. The number of nitrogens with zero attached hydrogens (tertiary/aromatic N) is 3. The summed E-state index contributed by atoms with van der Waals surface area (Å²) < 4.78 is 3.45. The molecule has 3 nitrogen and oxygen atoms in total. The maximum Gasteiger partial charge on any atom is 0.0247 e. The van der Waals surface area contributed by atoms with Gasteiger partial charge in [0.15, 0.2) is 0 Å². The molecule has 0 spiro atoms. The summed E-state index contributed by atoms with van der Waals surface area (Å²) in [6, 6.07) is 26.9. The van der Waals surface area contributed by atoms with Crippen molar-refractivity contribution >= 4 is 80.1 Å². The Kier molecular flexibility index (Phi) is 6.69. The first-order valence-electron chi connectivity index (χ1n) is 19.4. The molecule has 0 fully saturated rings. The van der Waals surface area contributed by atoms with Gasteiger partial charge < -0.3 is 0 Å². The molecule has 54 heavy (non-hydrogen) atoms. The molecule has 0 bridgehead atoms. The second kappa shape index (κ2) is 11.4. The minimum atomic E-state index is 0.997. The predicted molar refractivity (Wildman–Crippen MR) is 229 cm³/mol. The van der Waals surface area contributed by atoms with Crippen LogP contribution >= 0.6 is 47.8 Å². The Morgan fingerprint density at radius 3 is 0.704 bits per heavy atom. The van der Waals surface area contributed by atoms with Crippen LogP contribution in [0.15, 0.2) is 86.2 Å². The Balaban J connectivity index is 0.990. The van der Waals surface area contributed by atoms with Crippen LogP contribution < -0.4 is 0 Å². The normalized spacial score (nSPS) is 17.6. The van der Waals surface area contributed by atoms with Crippen molar-refractivity contribution in [2.45, 2.75) is 78.2 Å². The highest BCUT2D eigenvalue weighted by Crippen LogP contribution is 2.60. The van der Waals surface area contributed by atoms with E-state index in [-0.39, 0.29) is 0 Å². The van der Waals surface area contributed by atoms with Crippen molar-refractivity contribution in [1.82, 2.24) is 14.7 Å². The van der Waals surface area contributed by atoms with E-state index in [1.165, 1.54) is 16.7 Å². The van der Waals surface area contributed by atoms with Gasteiger partial charge in [0.05, 0.1) is 0 Å². The summed E-state index contributed by atoms with van der Waals surface area (Å²) in [4.78, 5) is 8.16. The molecule has 6 heteroatoms. The molecule has 7 aromatic rings. The van der Waals surface area contributed by atoms with Gasteiger partial charge in [-0.3, -0.25) is 14.7 Å². The largest absolute Gasteiger partial charge is 0.291 e. The first-order valence-corrected chi connectivity index (χ1v) is 21.8. The van der Waals surface area contributed by atoms with Crippen LogP contribution in [0, 0.1) is 0 Å². The number of hydrogen-bond donors (Lipinski definition) is 0. The lowest BCUT2D eigenvalue weighted by Crippen LogP contribution is -2.16. The molecule has 3 aliphatic heterocycles. The molecule has 264 valence electrons. The first kappa shape index (κ1) is 31.8. The molecular weight excluding hydrogens is 858 g/mol. The van der Waals surface area contributed by atoms with Crippen LogP contribution in [0.4, 0.5) is 0 Å². The number of hydrogen-bond acceptors (Lipinski definition) is 3. The Morgan fingerprint density at radius 1 is 0.296 bits per heavy atom. The average Bonchev–Trinajstić information content (AvgIpc) is 4.01. The smallest absolute Gasteiger partial charge is 0.0247 e. The number of benzene rings is 7. The van der Waals surface area contributed by atoms with Gasteiger partial charge in [0, 0.05) is 72.3 Å². The minimum Gasteiger partial charge on any atom is -0.291 e. The lowest BCUT2D eigenvalue weighted by Gasteiger charge is -2.15. The monoisotopic (exact) mass is 891 g/mol. The summed E-state index contributed by atoms with van der Waals surface area (Å²) >= 11 is 11.0. The van der Waals surface area contributed by atoms with Crippen LogP contribution in [-0.2, 0) is 78.2 Å². The minimum absolute atomic E-state index is 0.997. The molecular formula is C48H36Br3N3. The maximum absolute atomic E-state index is 3.65. The van der Waals surface area contributed by atoms with Gasteiger partial charge in [-0.2, -0.15) is 0 Å². The van der Waals surface area contributed by atoms with E-state index in [1.807, 2.05) is 0 Å². The highest BCUT2D eigenvalue weighted by atomic mass is 79.9. The van der Waals surface area contributed by atoms with E-state index >= 15 is 0 Å². The van der Waals surface area contributed by atoms with Crippen molar-refractivity contribution in [3.63, 3.8) is 0 Å². The Hall–Kier alpha value is -3.36. The van der Waals surface area contributed by atoms with Gasteiger partial charge in [-0.25, -0.2) is 0 Å². The fraction of sp³-hybridized carbons (Fsp3) is 0.250. The van der Waals surface area contributed by atoms with Crippen molar-refractivity contribution in [3.05, 3.63) is 170 Å². The molecule has 7 aromatic carbocycles. The van der Waals surface area contributed by atoms with Crippen LogP contribution in [0.1, 0.15) is 83.5 Å². The van der Waals surface area contributed by atoms with Gasteiger partial charge in [-0.1, -0.05) is 84.2 Å². The fourth-order valence-corrected chi connectivity index (χ4v) is 12.6. The summed E-state index contributed by atoms with van der Waals surface area (Å²) in [7, 11) is 0. The summed E-state index contributed by atoms with van der Waals surface area (Å²) in [5.74, 6) is 0. The second-order valence-corrected chi connectivity index (χ2v) is 19.6. The van der Waals surface area contributed by atoms with Crippen molar-refractivity contribution in [3.8, 4) is 0 Å². The molecule has 0 aromatic heterocycles. The van der Waals surface area contributed by atoms with Crippen molar-refractivity contribution in [2.75, 3.05) is 0 Å². The highest BCUT2D eigenvalue weighted by molar-refractivity contribution is 9.11. The van der Waals surface area contributed by atoms with Crippen LogP contribution in [0.5, 0.6) is 0 Å². The van der Waals surface area contributed by atoms with E-state index in [0.29, 0.717) is 0 Å². The van der Waals surface area contributed by atoms with Crippen molar-refractivity contribution in [2.24, 2.45) is 0 Å². The highest BCUT2D eigenvalue weighted by Gasteiger charge is 2.43. The van der Waals surface area contributed by atoms with E-state index in [1.54, 1.807) is 99.1 Å². The molecule has 0 atom stereocenters. The van der Waals surface area contributed by atoms with Gasteiger partial charge in [-0.05, 0) is 171 Å². The van der Waals surface area contributed by atoms with Crippen LogP contribution in [-0.4, -0.2) is 14.7 Å². The second-order valence-electron chi connectivity index (χ2n) is 16.8. The molecule has 13 rings (SSSR count). The Morgan fingerprint density at radius 2 is 0.500 bits per heavy atom. The molecule has 0 amide bonds. The van der Waals surface area contributed by atoms with E-state index in [9.17, 15) is 0 Å². The SMILES string of the molecule is Brc1ccc(CN2Cc3c(c4c5c6c3Cc3c7c(c8c(c36)c3c(c6c(c(c53)C4)CN(Cc3ccc(Br)cc3)C6)C8)CN(Cc3ccc(Br)cc3)C7)C2)cc1. The third-order valence-electron chi connectivity index (χ3n) is 13.9. The molecule has 0 saturated carbocycles. The van der Waals surface area contributed by atoms with Gasteiger partial charge in [-0.15, -0.1) is 0 Å². The van der Waals surface area contributed by atoms with Gasteiger partial charge >= 0.3 is 0 Å². The first-order chi connectivity index (χ1) is 26.4.